The van der Waals surface area contributed by atoms with Crippen LogP contribution < -0.4 is 11.1 Å². The van der Waals surface area contributed by atoms with Gasteiger partial charge in [-0.1, -0.05) is 0 Å². The summed E-state index contributed by atoms with van der Waals surface area (Å²) in [6.07, 6.45) is -6.42. The van der Waals surface area contributed by atoms with Crippen molar-refractivity contribution in [2.75, 3.05) is 11.6 Å². The van der Waals surface area contributed by atoms with Crippen molar-refractivity contribution in [2.45, 2.75) is 19.5 Å². The van der Waals surface area contributed by atoms with Crippen LogP contribution in [0.15, 0.2) is 52.4 Å². The number of halogens is 5. The average molecular weight is 422 g/mol. The van der Waals surface area contributed by atoms with Gasteiger partial charge in [-0.25, -0.2) is 18.8 Å². The summed E-state index contributed by atoms with van der Waals surface area (Å²) < 4.78 is 68.2. The fourth-order valence-electron chi connectivity index (χ4n) is 2.00. The molecule has 1 aromatic carbocycles. The fraction of sp³-hybridized carbons (Fsp3) is 0.250. The molecule has 0 unspecified atom stereocenters. The Morgan fingerprint density at radius 2 is 1.93 bits per heavy atom. The van der Waals surface area contributed by atoms with Crippen LogP contribution in [0.25, 0.3) is 0 Å². The van der Waals surface area contributed by atoms with Crippen LogP contribution in [0.4, 0.5) is 33.3 Å². The zero-order valence-electron chi connectivity index (χ0n) is 14.6. The van der Waals surface area contributed by atoms with Crippen molar-refractivity contribution in [1.82, 2.24) is 5.06 Å². The highest BCUT2D eigenvalue weighted by molar-refractivity contribution is 7.93. The highest BCUT2D eigenvalue weighted by atomic mass is 32.2. The van der Waals surface area contributed by atoms with Gasteiger partial charge in [0.05, 0.1) is 11.4 Å². The molecule has 28 heavy (non-hydrogen) atoms. The van der Waals surface area contributed by atoms with Crippen molar-refractivity contribution in [1.29, 1.82) is 0 Å². The van der Waals surface area contributed by atoms with Crippen LogP contribution in [0.2, 0.25) is 0 Å². The molecule has 1 aliphatic heterocycles. The molecular formula is C16H15F5N4O2S. The number of alkyl halides is 5. The van der Waals surface area contributed by atoms with E-state index in [1.165, 1.54) is 29.3 Å². The van der Waals surface area contributed by atoms with Gasteiger partial charge < -0.3 is 11.1 Å². The summed E-state index contributed by atoms with van der Waals surface area (Å²) in [6, 6.07) is 5.27. The van der Waals surface area contributed by atoms with Gasteiger partial charge >= 0.3 is 6.18 Å². The van der Waals surface area contributed by atoms with Crippen LogP contribution in [-0.2, 0) is 9.08 Å². The molecule has 0 aromatic heterocycles. The predicted octanol–water partition coefficient (Wildman–Crippen LogP) is 4.12. The molecule has 0 spiro atoms. The number of carbonyl (C=O) groups is 1. The van der Waals surface area contributed by atoms with Crippen molar-refractivity contribution in [3.8, 4) is 0 Å². The predicted molar refractivity (Wildman–Crippen MR) is 95.6 cm³/mol. The maximum absolute atomic E-state index is 12.9. The first-order valence-electron chi connectivity index (χ1n) is 7.59. The Morgan fingerprint density at radius 3 is 2.43 bits per heavy atom. The molecule has 6 nitrogen and oxygen atoms in total. The summed E-state index contributed by atoms with van der Waals surface area (Å²) in [7, 11) is 0. The lowest BCUT2D eigenvalue weighted by molar-refractivity contribution is -0.114. The number of amides is 1. The smallest absolute Gasteiger partial charge is 0.395 e. The molecule has 1 amide bonds. The summed E-state index contributed by atoms with van der Waals surface area (Å²) in [4.78, 5) is 15.6. The second-order valence-corrected chi connectivity index (χ2v) is 5.89. The van der Waals surface area contributed by atoms with Crippen molar-refractivity contribution in [3.63, 3.8) is 0 Å². The van der Waals surface area contributed by atoms with Gasteiger partial charge in [-0.3, -0.25) is 4.79 Å². The lowest BCUT2D eigenvalue weighted by Gasteiger charge is -2.08. The van der Waals surface area contributed by atoms with Gasteiger partial charge in [-0.2, -0.15) is 17.5 Å². The second-order valence-electron chi connectivity index (χ2n) is 5.41. The number of carbonyl (C=O) groups excluding carboxylic acids is 1. The topological polar surface area (TPSA) is 79.7 Å². The molecular weight excluding hydrogens is 407 g/mol. The Bertz CT molecular complexity index is 834. The third-order valence-corrected chi connectivity index (χ3v) is 3.70. The number of nitrogens with one attached hydrogen (secondary N) is 1. The lowest BCUT2D eigenvalue weighted by atomic mass is 10.2. The molecule has 0 aliphatic carbocycles. The lowest BCUT2D eigenvalue weighted by Crippen LogP contribution is -2.22. The molecule has 1 aromatic rings. The molecule has 12 heteroatoms. The Labute approximate surface area is 161 Å². The monoisotopic (exact) mass is 422 g/mol. The summed E-state index contributed by atoms with van der Waals surface area (Å²) in [5.74, 6) is -0.433. The summed E-state index contributed by atoms with van der Waals surface area (Å²) in [6.45, 7) is 1.69. The Kier molecular flexibility index (Phi) is 6.67. The van der Waals surface area contributed by atoms with E-state index in [4.69, 9.17) is 10.0 Å². The maximum atomic E-state index is 12.9. The summed E-state index contributed by atoms with van der Waals surface area (Å²) >= 11 is 1.06. The molecule has 3 N–H and O–H groups in total. The molecule has 0 atom stereocenters. The van der Waals surface area contributed by atoms with Crippen LogP contribution in [0.1, 0.15) is 6.92 Å². The number of aliphatic imine (C=N–C) groups is 1. The number of allylic oxidation sites excluding steroid dienone is 3. The van der Waals surface area contributed by atoms with E-state index in [0.717, 1.165) is 12.0 Å². The number of nitrogens with zero attached hydrogens (tertiary/aromatic N) is 2. The van der Waals surface area contributed by atoms with Crippen LogP contribution in [0.3, 0.4) is 0 Å². The van der Waals surface area contributed by atoms with Crippen LogP contribution in [0.5, 0.6) is 0 Å². The zero-order valence-corrected chi connectivity index (χ0v) is 15.4. The van der Waals surface area contributed by atoms with Gasteiger partial charge in [0.15, 0.2) is 5.70 Å². The highest BCUT2D eigenvalue weighted by Gasteiger charge is 2.37. The SMILES string of the molecule is CSON1C(C)=C1C(=O)Nc1ccc(N=C(C=C(N)C(F)(F)F)C(F)F)cc1. The summed E-state index contributed by atoms with van der Waals surface area (Å²) in [5, 5.41) is 3.91. The fourth-order valence-corrected chi connectivity index (χ4v) is 2.33. The molecule has 0 radical (unpaired) electrons. The number of nitrogens with two attached hydrogens (primary N) is 1. The number of rotatable bonds is 7. The van der Waals surface area contributed by atoms with Crippen molar-refractivity contribution in [3.05, 3.63) is 47.4 Å². The highest BCUT2D eigenvalue weighted by Crippen LogP contribution is 2.34. The molecule has 0 fully saturated rings. The van der Waals surface area contributed by atoms with E-state index in [-0.39, 0.29) is 11.8 Å². The van der Waals surface area contributed by atoms with Crippen molar-refractivity contribution < 1.29 is 31.0 Å². The third-order valence-electron chi connectivity index (χ3n) is 3.40. The Morgan fingerprint density at radius 1 is 1.32 bits per heavy atom. The maximum Gasteiger partial charge on any atom is 0.430 e. The molecule has 152 valence electrons. The van der Waals surface area contributed by atoms with Gasteiger partial charge in [-0.05, 0) is 37.3 Å². The van der Waals surface area contributed by atoms with Crippen molar-refractivity contribution >= 4 is 35.0 Å². The average Bonchev–Trinajstić information content (AvgIpc) is 3.24. The number of hydrogen-bond donors (Lipinski definition) is 2. The zero-order chi connectivity index (χ0) is 21.1. The first-order chi connectivity index (χ1) is 13.0. The first kappa shape index (κ1) is 21.7. The number of hydroxylamine groups is 2. The first-order valence-corrected chi connectivity index (χ1v) is 8.74. The number of benzene rings is 1. The van der Waals surface area contributed by atoms with Gasteiger partial charge in [0.1, 0.15) is 11.4 Å². The van der Waals surface area contributed by atoms with E-state index >= 15 is 0 Å². The normalized spacial score (nSPS) is 15.4. The molecule has 0 saturated carbocycles. The van der Waals surface area contributed by atoms with Gasteiger partial charge in [-0.15, -0.1) is 0 Å². The molecule has 1 heterocycles. The van der Waals surface area contributed by atoms with Crippen molar-refractivity contribution in [2.24, 2.45) is 10.7 Å². The van der Waals surface area contributed by atoms with Gasteiger partial charge in [0.25, 0.3) is 12.3 Å². The van der Waals surface area contributed by atoms with E-state index in [1.54, 1.807) is 13.2 Å². The molecule has 0 saturated heterocycles. The number of hydrogen-bond acceptors (Lipinski definition) is 6. The Hall–Kier alpha value is -2.60. The van der Waals surface area contributed by atoms with Crippen LogP contribution in [0, 0.1) is 0 Å². The largest absolute Gasteiger partial charge is 0.430 e. The van der Waals surface area contributed by atoms with Crippen LogP contribution >= 0.6 is 12.0 Å². The van der Waals surface area contributed by atoms with Gasteiger partial charge in [0, 0.05) is 24.0 Å². The van der Waals surface area contributed by atoms with E-state index in [2.05, 4.69) is 10.3 Å². The molecule has 0 bridgehead atoms. The number of anilines is 1. The van der Waals surface area contributed by atoms with E-state index in [0.29, 0.717) is 17.1 Å². The van der Waals surface area contributed by atoms with E-state index < -0.39 is 29.9 Å². The van der Waals surface area contributed by atoms with Gasteiger partial charge in [0.2, 0.25) is 0 Å². The Balaban J connectivity index is 2.11. The molecule has 1 aliphatic rings. The van der Waals surface area contributed by atoms with E-state index in [9.17, 15) is 26.7 Å². The quantitative estimate of drug-likeness (QED) is 0.393. The standard InChI is InChI=1S/C16H15F5N4O2S/c1-8-13(25(8)27-28-2)15(26)24-10-5-3-9(4-6-10)23-11(14(17)18)7-12(22)16(19,20)21/h3-7,14H,22H2,1-2H3,(H,24,26). The minimum atomic E-state index is -4.94. The van der Waals surface area contributed by atoms with E-state index in [1.807, 2.05) is 0 Å². The minimum Gasteiger partial charge on any atom is -0.395 e. The summed E-state index contributed by atoms with van der Waals surface area (Å²) in [5.41, 5.74) is 3.23. The third kappa shape index (κ3) is 5.45. The minimum absolute atomic E-state index is 0.0336. The van der Waals surface area contributed by atoms with Crippen LogP contribution in [-0.4, -0.2) is 35.5 Å². The molecule has 2 rings (SSSR count). The second kappa shape index (κ2) is 8.61.